The van der Waals surface area contributed by atoms with E-state index >= 15 is 0 Å². The molecule has 2 unspecified atom stereocenters. The minimum absolute atomic E-state index is 0.134. The number of nitrogens with one attached hydrogen (secondary N) is 1. The van der Waals surface area contributed by atoms with Crippen LogP contribution in [0.5, 0.6) is 0 Å². The number of halogens is 2. The van der Waals surface area contributed by atoms with Crippen LogP contribution in [0.1, 0.15) is 36.5 Å². The monoisotopic (exact) mass is 416 g/mol. The lowest BCUT2D eigenvalue weighted by Crippen LogP contribution is -2.47. The second kappa shape index (κ2) is 10.8. The van der Waals surface area contributed by atoms with Gasteiger partial charge < -0.3 is 15.3 Å². The van der Waals surface area contributed by atoms with Crippen LogP contribution in [0.15, 0.2) is 48.5 Å². The topological polar surface area (TPSA) is 52.6 Å². The highest BCUT2D eigenvalue weighted by atomic mass is 19.1. The van der Waals surface area contributed by atoms with E-state index in [0.29, 0.717) is 12.8 Å². The molecule has 0 saturated carbocycles. The number of rotatable bonds is 9. The van der Waals surface area contributed by atoms with Gasteiger partial charge in [-0.1, -0.05) is 24.3 Å². The first-order valence-corrected chi connectivity index (χ1v) is 10.6. The summed E-state index contributed by atoms with van der Waals surface area (Å²) in [7, 11) is 1.82. The number of likely N-dealkylation sites (tertiary alicyclic amines) is 1. The van der Waals surface area contributed by atoms with Crippen LogP contribution in [0.2, 0.25) is 0 Å². The molecular formula is C24H30F2N2O2. The minimum Gasteiger partial charge on any atom is -0.388 e. The van der Waals surface area contributed by atoms with Gasteiger partial charge in [-0.05, 0) is 80.7 Å². The number of aliphatic hydroxyl groups excluding tert-OH is 1. The number of carbonyl (C=O) groups is 1. The molecule has 2 aromatic carbocycles. The van der Waals surface area contributed by atoms with Gasteiger partial charge in [-0.2, -0.15) is 0 Å². The van der Waals surface area contributed by atoms with Crippen molar-refractivity contribution in [2.75, 3.05) is 26.7 Å². The zero-order valence-electron chi connectivity index (χ0n) is 17.4. The zero-order chi connectivity index (χ0) is 21.5. The summed E-state index contributed by atoms with van der Waals surface area (Å²) in [6, 6.07) is 11.9. The van der Waals surface area contributed by atoms with E-state index in [9.17, 15) is 18.7 Å². The number of ketones is 1. The standard InChI is InChI=1S/C24H30F2N2O2/c1-27-24(23(30)16-17-2-6-20(25)7-3-17)19-10-13-28(14-11-19)15-12-22(29)18-4-8-21(26)9-5-18/h2-9,19,22,24,27,29H,10-16H2,1H3. The maximum absolute atomic E-state index is 13.1. The maximum Gasteiger partial charge on any atom is 0.154 e. The highest BCUT2D eigenvalue weighted by Crippen LogP contribution is 2.24. The lowest BCUT2D eigenvalue weighted by Gasteiger charge is -2.35. The van der Waals surface area contributed by atoms with Gasteiger partial charge in [0.2, 0.25) is 0 Å². The lowest BCUT2D eigenvalue weighted by molar-refractivity contribution is -0.122. The molecule has 0 bridgehead atoms. The molecule has 2 aromatic rings. The first kappa shape index (κ1) is 22.5. The molecule has 0 amide bonds. The van der Waals surface area contributed by atoms with Crippen LogP contribution in [-0.2, 0) is 11.2 Å². The fourth-order valence-corrected chi connectivity index (χ4v) is 4.24. The first-order chi connectivity index (χ1) is 14.5. The van der Waals surface area contributed by atoms with Crippen molar-refractivity contribution in [1.29, 1.82) is 0 Å². The van der Waals surface area contributed by atoms with Crippen molar-refractivity contribution in [3.05, 3.63) is 71.3 Å². The van der Waals surface area contributed by atoms with Gasteiger partial charge in [0.15, 0.2) is 5.78 Å². The van der Waals surface area contributed by atoms with Crippen molar-refractivity contribution in [3.8, 4) is 0 Å². The number of benzene rings is 2. The molecule has 2 N–H and O–H groups in total. The summed E-state index contributed by atoms with van der Waals surface area (Å²) in [5, 5.41) is 13.5. The predicted octanol–water partition coefficient (Wildman–Crippen LogP) is 3.50. The molecule has 0 aromatic heterocycles. The summed E-state index contributed by atoms with van der Waals surface area (Å²) < 4.78 is 26.1. The lowest BCUT2D eigenvalue weighted by atomic mass is 9.85. The second-order valence-corrected chi connectivity index (χ2v) is 8.07. The molecule has 1 fully saturated rings. The first-order valence-electron chi connectivity index (χ1n) is 10.6. The highest BCUT2D eigenvalue weighted by molar-refractivity contribution is 5.86. The van der Waals surface area contributed by atoms with Gasteiger partial charge in [0.05, 0.1) is 12.1 Å². The zero-order valence-corrected chi connectivity index (χ0v) is 17.4. The Morgan fingerprint density at radius 1 is 1.07 bits per heavy atom. The second-order valence-electron chi connectivity index (χ2n) is 8.07. The van der Waals surface area contributed by atoms with Crippen molar-refractivity contribution >= 4 is 5.78 Å². The number of aliphatic hydroxyl groups is 1. The summed E-state index contributed by atoms with van der Waals surface area (Å²) in [5.41, 5.74) is 1.56. The number of piperidine rings is 1. The molecule has 6 heteroatoms. The summed E-state index contributed by atoms with van der Waals surface area (Å²) in [4.78, 5) is 15.1. The van der Waals surface area contributed by atoms with Crippen molar-refractivity contribution in [1.82, 2.24) is 10.2 Å². The van der Waals surface area contributed by atoms with E-state index in [2.05, 4.69) is 10.2 Å². The maximum atomic E-state index is 13.1. The SMILES string of the molecule is CNC(C(=O)Cc1ccc(F)cc1)C1CCN(CCC(O)c2ccc(F)cc2)CC1. The van der Waals surface area contributed by atoms with Crippen molar-refractivity contribution in [2.24, 2.45) is 5.92 Å². The molecule has 2 atom stereocenters. The van der Waals surface area contributed by atoms with Crippen molar-refractivity contribution in [3.63, 3.8) is 0 Å². The van der Waals surface area contributed by atoms with Gasteiger partial charge in [0.1, 0.15) is 11.6 Å². The van der Waals surface area contributed by atoms with Crippen LogP contribution < -0.4 is 5.32 Å². The third-order valence-corrected chi connectivity index (χ3v) is 6.03. The molecule has 0 aliphatic carbocycles. The van der Waals surface area contributed by atoms with E-state index in [1.165, 1.54) is 24.3 Å². The fraction of sp³-hybridized carbons (Fsp3) is 0.458. The summed E-state index contributed by atoms with van der Waals surface area (Å²) in [6.45, 7) is 2.52. The molecule has 1 saturated heterocycles. The van der Waals surface area contributed by atoms with Gasteiger partial charge in [0.25, 0.3) is 0 Å². The van der Waals surface area contributed by atoms with Gasteiger partial charge >= 0.3 is 0 Å². The van der Waals surface area contributed by atoms with E-state index in [-0.39, 0.29) is 29.4 Å². The Labute approximate surface area is 176 Å². The molecule has 1 heterocycles. The molecular weight excluding hydrogens is 386 g/mol. The number of Topliss-reactive ketones (excluding diaryl/α,β-unsaturated/α-hetero) is 1. The predicted molar refractivity (Wildman–Crippen MR) is 113 cm³/mol. The summed E-state index contributed by atoms with van der Waals surface area (Å²) in [5.74, 6) is -0.204. The molecule has 30 heavy (non-hydrogen) atoms. The summed E-state index contributed by atoms with van der Waals surface area (Å²) >= 11 is 0. The van der Waals surface area contributed by atoms with Crippen LogP contribution in [-0.4, -0.2) is 48.5 Å². The van der Waals surface area contributed by atoms with E-state index in [4.69, 9.17) is 0 Å². The Morgan fingerprint density at radius 3 is 2.20 bits per heavy atom. The van der Waals surface area contributed by atoms with Crippen LogP contribution in [0.4, 0.5) is 8.78 Å². The molecule has 0 radical (unpaired) electrons. The Balaban J connectivity index is 1.45. The molecule has 162 valence electrons. The molecule has 3 rings (SSSR count). The summed E-state index contributed by atoms with van der Waals surface area (Å²) in [6.07, 6.45) is 2.11. The smallest absolute Gasteiger partial charge is 0.154 e. The quantitative estimate of drug-likeness (QED) is 0.657. The number of carbonyl (C=O) groups excluding carboxylic acids is 1. The Hall–Kier alpha value is -2.15. The van der Waals surface area contributed by atoms with Gasteiger partial charge in [-0.15, -0.1) is 0 Å². The van der Waals surface area contributed by atoms with E-state index in [0.717, 1.165) is 43.6 Å². The number of hydrogen-bond acceptors (Lipinski definition) is 4. The van der Waals surface area contributed by atoms with Crippen LogP contribution in [0, 0.1) is 17.6 Å². The van der Waals surface area contributed by atoms with E-state index in [1.54, 1.807) is 24.3 Å². The van der Waals surface area contributed by atoms with Crippen molar-refractivity contribution < 1.29 is 18.7 Å². The molecule has 4 nitrogen and oxygen atoms in total. The number of nitrogens with zero attached hydrogens (tertiary/aromatic N) is 1. The highest BCUT2D eigenvalue weighted by Gasteiger charge is 2.30. The van der Waals surface area contributed by atoms with Crippen molar-refractivity contribution in [2.45, 2.75) is 37.8 Å². The third kappa shape index (κ3) is 6.17. The Morgan fingerprint density at radius 2 is 1.63 bits per heavy atom. The van der Waals surface area contributed by atoms with E-state index < -0.39 is 6.10 Å². The average Bonchev–Trinajstić information content (AvgIpc) is 2.75. The number of likely N-dealkylation sites (N-methyl/N-ethyl adjacent to an activating group) is 1. The molecule has 0 spiro atoms. The average molecular weight is 417 g/mol. The molecule has 1 aliphatic heterocycles. The number of hydrogen-bond donors (Lipinski definition) is 2. The van der Waals surface area contributed by atoms with Gasteiger partial charge in [-0.3, -0.25) is 4.79 Å². The van der Waals surface area contributed by atoms with Gasteiger partial charge in [0, 0.05) is 13.0 Å². The molecule has 1 aliphatic rings. The minimum atomic E-state index is -0.606. The fourth-order valence-electron chi connectivity index (χ4n) is 4.24. The largest absolute Gasteiger partial charge is 0.388 e. The Kier molecular flexibility index (Phi) is 8.08. The van der Waals surface area contributed by atoms with E-state index in [1.807, 2.05) is 7.05 Å². The normalized spacial score (nSPS) is 17.6. The third-order valence-electron chi connectivity index (χ3n) is 6.03. The Bertz CT molecular complexity index is 803. The van der Waals surface area contributed by atoms with Crippen LogP contribution >= 0.6 is 0 Å². The van der Waals surface area contributed by atoms with Crippen LogP contribution in [0.25, 0.3) is 0 Å². The van der Waals surface area contributed by atoms with Gasteiger partial charge in [-0.25, -0.2) is 8.78 Å². The van der Waals surface area contributed by atoms with Crippen LogP contribution in [0.3, 0.4) is 0 Å².